The van der Waals surface area contributed by atoms with Crippen LogP contribution in [0.25, 0.3) is 0 Å². The lowest BCUT2D eigenvalue weighted by Crippen LogP contribution is -2.08. The molecule has 16 heavy (non-hydrogen) atoms. The second kappa shape index (κ2) is 4.91. The van der Waals surface area contributed by atoms with Gasteiger partial charge in [0.1, 0.15) is 0 Å². The Labute approximate surface area is 96.0 Å². The van der Waals surface area contributed by atoms with Crippen LogP contribution in [-0.4, -0.2) is 12.0 Å². The van der Waals surface area contributed by atoms with Gasteiger partial charge in [-0.1, -0.05) is 13.0 Å². The maximum absolute atomic E-state index is 12.6. The number of halogens is 3. The fourth-order valence-corrected chi connectivity index (χ4v) is 1.95. The molecule has 0 amide bonds. The van der Waals surface area contributed by atoms with Crippen LogP contribution in [-0.2, 0) is 6.18 Å². The van der Waals surface area contributed by atoms with Crippen LogP contribution in [0.15, 0.2) is 23.1 Å². The molecule has 1 rings (SSSR count). The lowest BCUT2D eigenvalue weighted by atomic mass is 10.1. The summed E-state index contributed by atoms with van der Waals surface area (Å²) in [5.41, 5.74) is -0.354. The van der Waals surface area contributed by atoms with E-state index in [0.29, 0.717) is 12.0 Å². The molecule has 0 saturated carbocycles. The molecule has 0 heterocycles. The molecule has 0 radical (unpaired) electrons. The smallest absolute Gasteiger partial charge is 0.294 e. The number of Topliss-reactive ketones (excluding diaryl/α,β-unsaturated/α-hetero) is 1. The van der Waals surface area contributed by atoms with Crippen molar-refractivity contribution in [1.82, 2.24) is 0 Å². The Hall–Kier alpha value is -0.970. The lowest BCUT2D eigenvalue weighted by Gasteiger charge is -2.12. The van der Waals surface area contributed by atoms with Crippen LogP contribution >= 0.6 is 11.8 Å². The summed E-state index contributed by atoms with van der Waals surface area (Å²) in [5, 5.41) is 0. The largest absolute Gasteiger partial charge is 0.417 e. The second-order valence-corrected chi connectivity index (χ2v) is 4.04. The van der Waals surface area contributed by atoms with Gasteiger partial charge in [-0.25, -0.2) is 0 Å². The third kappa shape index (κ3) is 2.78. The van der Waals surface area contributed by atoms with Crippen LogP contribution in [0.1, 0.15) is 29.3 Å². The highest BCUT2D eigenvalue weighted by atomic mass is 32.2. The highest BCUT2D eigenvalue weighted by Crippen LogP contribution is 2.36. The van der Waals surface area contributed by atoms with Gasteiger partial charge in [0.2, 0.25) is 0 Å². The molecule has 5 heteroatoms. The van der Waals surface area contributed by atoms with E-state index >= 15 is 0 Å². The summed E-state index contributed by atoms with van der Waals surface area (Å²) in [7, 11) is 0. The molecule has 1 aromatic rings. The summed E-state index contributed by atoms with van der Waals surface area (Å²) in [6.45, 7) is 1.68. The number of carbonyl (C=O) groups excluding carboxylic acids is 1. The van der Waals surface area contributed by atoms with Gasteiger partial charge in [-0.3, -0.25) is 4.79 Å². The van der Waals surface area contributed by atoms with Crippen LogP contribution in [0.4, 0.5) is 13.2 Å². The van der Waals surface area contributed by atoms with Crippen molar-refractivity contribution in [3.05, 3.63) is 29.3 Å². The zero-order valence-corrected chi connectivity index (χ0v) is 9.71. The van der Waals surface area contributed by atoms with Gasteiger partial charge >= 0.3 is 6.18 Å². The Balaban J connectivity index is 3.22. The molecular formula is C11H11F3OS. The summed E-state index contributed by atoms with van der Waals surface area (Å²) in [5.74, 6) is -0.149. The van der Waals surface area contributed by atoms with Gasteiger partial charge in [0.05, 0.1) is 5.56 Å². The minimum absolute atomic E-state index is 0.0896. The van der Waals surface area contributed by atoms with Crippen molar-refractivity contribution in [1.29, 1.82) is 0 Å². The van der Waals surface area contributed by atoms with E-state index in [0.717, 1.165) is 17.8 Å². The Morgan fingerprint density at radius 2 is 2.00 bits per heavy atom. The second-order valence-electron chi connectivity index (χ2n) is 3.19. The summed E-state index contributed by atoms with van der Waals surface area (Å²) < 4.78 is 37.7. The monoisotopic (exact) mass is 248 g/mol. The molecule has 0 atom stereocenters. The van der Waals surface area contributed by atoms with Gasteiger partial charge in [0.15, 0.2) is 5.78 Å². The first kappa shape index (κ1) is 13.1. The van der Waals surface area contributed by atoms with Crippen LogP contribution in [0.3, 0.4) is 0 Å². The zero-order valence-electron chi connectivity index (χ0n) is 8.89. The van der Waals surface area contributed by atoms with E-state index in [1.165, 1.54) is 12.1 Å². The molecule has 0 fully saturated rings. The fourth-order valence-electron chi connectivity index (χ4n) is 1.30. The summed E-state index contributed by atoms with van der Waals surface area (Å²) in [6, 6.07) is 3.50. The highest BCUT2D eigenvalue weighted by molar-refractivity contribution is 7.98. The third-order valence-electron chi connectivity index (χ3n) is 2.15. The first-order valence-corrected chi connectivity index (χ1v) is 5.91. The number of hydrogen-bond donors (Lipinski definition) is 0. The number of rotatable bonds is 3. The Morgan fingerprint density at radius 3 is 2.44 bits per heavy atom. The maximum atomic E-state index is 12.6. The molecule has 1 nitrogen and oxygen atoms in total. The molecule has 1 aromatic carbocycles. The molecule has 0 saturated heterocycles. The van der Waals surface area contributed by atoms with Crippen LogP contribution < -0.4 is 0 Å². The van der Waals surface area contributed by atoms with Gasteiger partial charge < -0.3 is 0 Å². The van der Waals surface area contributed by atoms with Crippen molar-refractivity contribution in [2.45, 2.75) is 24.4 Å². The normalized spacial score (nSPS) is 11.6. The van der Waals surface area contributed by atoms with Gasteiger partial charge in [-0.05, 0) is 18.4 Å². The Kier molecular flexibility index (Phi) is 4.02. The van der Waals surface area contributed by atoms with Crippen molar-refractivity contribution < 1.29 is 18.0 Å². The molecular weight excluding hydrogens is 237 g/mol. The first-order chi connectivity index (χ1) is 7.40. The van der Waals surface area contributed by atoms with Crippen LogP contribution in [0, 0.1) is 0 Å². The van der Waals surface area contributed by atoms with Crippen molar-refractivity contribution >= 4 is 17.5 Å². The lowest BCUT2D eigenvalue weighted by molar-refractivity contribution is -0.139. The first-order valence-electron chi connectivity index (χ1n) is 4.68. The summed E-state index contributed by atoms with van der Waals surface area (Å²) in [4.78, 5) is 11.4. The number of thioether (sulfide) groups is 1. The molecule has 88 valence electrons. The van der Waals surface area contributed by atoms with E-state index < -0.39 is 11.7 Å². The minimum Gasteiger partial charge on any atom is -0.294 e. The Bertz CT molecular complexity index is 399. The van der Waals surface area contributed by atoms with E-state index in [2.05, 4.69) is 0 Å². The topological polar surface area (TPSA) is 17.1 Å². The summed E-state index contributed by atoms with van der Waals surface area (Å²) in [6.07, 6.45) is -2.52. The van der Waals surface area contributed by atoms with E-state index in [1.807, 2.05) is 0 Å². The Morgan fingerprint density at radius 1 is 1.38 bits per heavy atom. The zero-order chi connectivity index (χ0) is 12.3. The standard InChI is InChI=1S/C11H11F3OS/c1-3-9(15)7-4-5-8(11(12,13)14)10(6-7)16-2/h4-6H,3H2,1-2H3. The average molecular weight is 248 g/mol. The minimum atomic E-state index is -4.37. The van der Waals surface area contributed by atoms with Crippen LogP contribution in [0.5, 0.6) is 0 Å². The quantitative estimate of drug-likeness (QED) is 0.593. The number of benzene rings is 1. The molecule has 0 aliphatic carbocycles. The molecule has 0 N–H and O–H groups in total. The predicted molar refractivity (Wildman–Crippen MR) is 57.8 cm³/mol. The van der Waals surface area contributed by atoms with Gasteiger partial charge in [-0.2, -0.15) is 13.2 Å². The molecule has 0 aliphatic rings. The SMILES string of the molecule is CCC(=O)c1ccc(C(F)(F)F)c(SC)c1. The van der Waals surface area contributed by atoms with Crippen LogP contribution in [0.2, 0.25) is 0 Å². The van der Waals surface area contributed by atoms with Crippen molar-refractivity contribution in [2.75, 3.05) is 6.26 Å². The van der Waals surface area contributed by atoms with Gasteiger partial charge in [0.25, 0.3) is 0 Å². The highest BCUT2D eigenvalue weighted by Gasteiger charge is 2.33. The number of carbonyl (C=O) groups is 1. The maximum Gasteiger partial charge on any atom is 0.417 e. The van der Waals surface area contributed by atoms with E-state index in [1.54, 1.807) is 13.2 Å². The average Bonchev–Trinajstić information content (AvgIpc) is 2.25. The van der Waals surface area contributed by atoms with Gasteiger partial charge in [-0.15, -0.1) is 11.8 Å². The van der Waals surface area contributed by atoms with E-state index in [-0.39, 0.29) is 10.7 Å². The molecule has 0 aromatic heterocycles. The van der Waals surface area contributed by atoms with Gasteiger partial charge in [0, 0.05) is 16.9 Å². The number of hydrogen-bond acceptors (Lipinski definition) is 2. The molecule has 0 unspecified atom stereocenters. The number of ketones is 1. The van der Waals surface area contributed by atoms with Crippen molar-refractivity contribution in [3.8, 4) is 0 Å². The molecule has 0 aliphatic heterocycles. The van der Waals surface area contributed by atoms with E-state index in [9.17, 15) is 18.0 Å². The molecule has 0 bridgehead atoms. The van der Waals surface area contributed by atoms with Crippen molar-refractivity contribution in [3.63, 3.8) is 0 Å². The predicted octanol–water partition coefficient (Wildman–Crippen LogP) is 4.02. The fraction of sp³-hybridized carbons (Fsp3) is 0.364. The number of alkyl halides is 3. The van der Waals surface area contributed by atoms with E-state index in [4.69, 9.17) is 0 Å². The molecule has 0 spiro atoms. The van der Waals surface area contributed by atoms with Crippen molar-refractivity contribution in [2.24, 2.45) is 0 Å². The third-order valence-corrected chi connectivity index (χ3v) is 2.93. The summed E-state index contributed by atoms with van der Waals surface area (Å²) >= 11 is 0.992.